The molecule has 3 N–H and O–H groups in total. The highest BCUT2D eigenvalue weighted by atomic mass is 35.5. The lowest BCUT2D eigenvalue weighted by Crippen LogP contribution is -2.42. The minimum absolute atomic E-state index is 0. The summed E-state index contributed by atoms with van der Waals surface area (Å²) in [5.74, 6) is -1.48. The van der Waals surface area contributed by atoms with Crippen LogP contribution in [0.1, 0.15) is 23.6 Å². The van der Waals surface area contributed by atoms with E-state index in [2.05, 4.69) is 5.32 Å². The van der Waals surface area contributed by atoms with Crippen molar-refractivity contribution in [1.29, 1.82) is 0 Å². The molecule has 1 fully saturated rings. The smallest absolute Gasteiger partial charge is 0.241 e. The number of halogens is 4. The first-order chi connectivity index (χ1) is 12.0. The van der Waals surface area contributed by atoms with E-state index in [0.29, 0.717) is 19.5 Å². The molecule has 8 heteroatoms. The highest BCUT2D eigenvalue weighted by Gasteiger charge is 2.29. The van der Waals surface area contributed by atoms with E-state index in [1.807, 2.05) is 31.2 Å². The van der Waals surface area contributed by atoms with Gasteiger partial charge in [-0.15, -0.1) is 24.8 Å². The zero-order valence-corrected chi connectivity index (χ0v) is 16.5. The highest BCUT2D eigenvalue weighted by molar-refractivity contribution is 5.85. The van der Waals surface area contributed by atoms with Crippen molar-refractivity contribution in [3.8, 4) is 0 Å². The summed E-state index contributed by atoms with van der Waals surface area (Å²) < 4.78 is 27.8. The van der Waals surface area contributed by atoms with Gasteiger partial charge in [0.2, 0.25) is 5.91 Å². The normalized spacial score (nSPS) is 16.9. The number of anilines is 1. The van der Waals surface area contributed by atoms with Crippen molar-refractivity contribution in [2.45, 2.75) is 25.4 Å². The predicted molar refractivity (Wildman–Crippen MR) is 108 cm³/mol. The third kappa shape index (κ3) is 5.31. The van der Waals surface area contributed by atoms with Crippen LogP contribution in [-0.2, 0) is 4.79 Å². The molecule has 1 aliphatic rings. The van der Waals surface area contributed by atoms with Crippen molar-refractivity contribution in [1.82, 2.24) is 5.32 Å². The summed E-state index contributed by atoms with van der Waals surface area (Å²) in [5.41, 5.74) is 7.80. The molecule has 3 rings (SSSR count). The molecular formula is C19H23Cl2F2N3O. The van der Waals surface area contributed by atoms with Crippen LogP contribution in [0.5, 0.6) is 0 Å². The van der Waals surface area contributed by atoms with E-state index in [9.17, 15) is 13.6 Å². The summed E-state index contributed by atoms with van der Waals surface area (Å²) in [6.07, 6.45) is 0.611. The van der Waals surface area contributed by atoms with Crippen LogP contribution >= 0.6 is 24.8 Å². The molecule has 2 aromatic carbocycles. The fraction of sp³-hybridized carbons (Fsp3) is 0.316. The summed E-state index contributed by atoms with van der Waals surface area (Å²) in [7, 11) is 0. The van der Waals surface area contributed by atoms with Gasteiger partial charge < -0.3 is 16.0 Å². The third-order valence-corrected chi connectivity index (χ3v) is 4.51. The number of hydrogen-bond donors (Lipinski definition) is 2. The Hall–Kier alpha value is -1.89. The summed E-state index contributed by atoms with van der Waals surface area (Å²) >= 11 is 0. The number of carbonyl (C=O) groups excluding carboxylic acids is 1. The average Bonchev–Trinajstić information content (AvgIpc) is 3.02. The maximum absolute atomic E-state index is 13.9. The Morgan fingerprint density at radius 2 is 1.74 bits per heavy atom. The van der Waals surface area contributed by atoms with Gasteiger partial charge >= 0.3 is 0 Å². The molecule has 0 radical (unpaired) electrons. The predicted octanol–water partition coefficient (Wildman–Crippen LogP) is 3.51. The molecule has 0 spiro atoms. The monoisotopic (exact) mass is 417 g/mol. The van der Waals surface area contributed by atoms with Crippen LogP contribution in [0, 0.1) is 18.6 Å². The number of hydrogen-bond acceptors (Lipinski definition) is 3. The second-order valence-electron chi connectivity index (χ2n) is 6.40. The number of amides is 1. The summed E-state index contributed by atoms with van der Waals surface area (Å²) in [4.78, 5) is 14.0. The molecule has 1 heterocycles. The number of para-hydroxylation sites is 1. The van der Waals surface area contributed by atoms with Gasteiger partial charge in [0.1, 0.15) is 23.4 Å². The van der Waals surface area contributed by atoms with Crippen molar-refractivity contribution >= 4 is 36.4 Å². The number of nitrogens with zero attached hydrogens (tertiary/aromatic N) is 1. The lowest BCUT2D eigenvalue weighted by molar-refractivity contribution is -0.123. The van der Waals surface area contributed by atoms with Gasteiger partial charge in [-0.3, -0.25) is 4.79 Å². The first-order valence-corrected chi connectivity index (χ1v) is 8.27. The van der Waals surface area contributed by atoms with E-state index in [-0.39, 0.29) is 42.5 Å². The van der Waals surface area contributed by atoms with Crippen LogP contribution < -0.4 is 16.0 Å². The molecule has 0 bridgehead atoms. The molecule has 27 heavy (non-hydrogen) atoms. The van der Waals surface area contributed by atoms with Crippen molar-refractivity contribution in [2.24, 2.45) is 5.73 Å². The Morgan fingerprint density at radius 3 is 2.33 bits per heavy atom. The van der Waals surface area contributed by atoms with Crippen molar-refractivity contribution < 1.29 is 13.6 Å². The van der Waals surface area contributed by atoms with E-state index in [1.54, 1.807) is 4.90 Å². The molecule has 2 unspecified atom stereocenters. The SMILES string of the molecule is Cc1ccc(C(N)C(=O)NC2CCN(c3c(F)cccc3F)C2)cc1.Cl.Cl. The molecule has 1 amide bonds. The Morgan fingerprint density at radius 1 is 1.15 bits per heavy atom. The second-order valence-corrected chi connectivity index (χ2v) is 6.40. The van der Waals surface area contributed by atoms with E-state index in [0.717, 1.165) is 11.1 Å². The largest absolute Gasteiger partial charge is 0.365 e. The molecule has 1 aliphatic heterocycles. The van der Waals surface area contributed by atoms with Crippen LogP contribution in [-0.4, -0.2) is 25.0 Å². The van der Waals surface area contributed by atoms with Gasteiger partial charge in [-0.25, -0.2) is 8.78 Å². The zero-order chi connectivity index (χ0) is 18.0. The van der Waals surface area contributed by atoms with Crippen LogP contribution in [0.15, 0.2) is 42.5 Å². The minimum Gasteiger partial charge on any atom is -0.365 e. The Bertz CT molecular complexity index is 754. The Balaban J connectivity index is 0.00000182. The molecule has 1 saturated heterocycles. The number of nitrogens with one attached hydrogen (secondary N) is 1. The van der Waals surface area contributed by atoms with Gasteiger partial charge in [0.05, 0.1) is 0 Å². The molecule has 148 valence electrons. The fourth-order valence-electron chi connectivity index (χ4n) is 3.09. The van der Waals surface area contributed by atoms with Gasteiger partial charge in [0.15, 0.2) is 0 Å². The molecule has 0 aliphatic carbocycles. The third-order valence-electron chi connectivity index (χ3n) is 4.51. The summed E-state index contributed by atoms with van der Waals surface area (Å²) in [5, 5.41) is 2.88. The van der Waals surface area contributed by atoms with Gasteiger partial charge in [0.25, 0.3) is 0 Å². The van der Waals surface area contributed by atoms with Crippen LogP contribution in [0.2, 0.25) is 0 Å². The second kappa shape index (κ2) is 9.88. The molecule has 0 saturated carbocycles. The van der Waals surface area contributed by atoms with Gasteiger partial charge in [-0.2, -0.15) is 0 Å². The van der Waals surface area contributed by atoms with Crippen molar-refractivity contribution in [3.05, 3.63) is 65.2 Å². The molecular weight excluding hydrogens is 395 g/mol. The number of carbonyl (C=O) groups is 1. The highest BCUT2D eigenvalue weighted by Crippen LogP contribution is 2.27. The molecule has 2 atom stereocenters. The van der Waals surface area contributed by atoms with Crippen molar-refractivity contribution in [3.63, 3.8) is 0 Å². The van der Waals surface area contributed by atoms with Crippen molar-refractivity contribution in [2.75, 3.05) is 18.0 Å². The minimum atomic E-state index is -0.764. The molecule has 2 aromatic rings. The van der Waals surface area contributed by atoms with Gasteiger partial charge in [-0.05, 0) is 31.0 Å². The molecule has 0 aromatic heterocycles. The summed E-state index contributed by atoms with van der Waals surface area (Å²) in [6, 6.07) is 10.3. The number of nitrogens with two attached hydrogens (primary N) is 1. The van der Waals surface area contributed by atoms with E-state index in [1.165, 1.54) is 18.2 Å². The first-order valence-electron chi connectivity index (χ1n) is 8.27. The van der Waals surface area contributed by atoms with Crippen LogP contribution in [0.3, 0.4) is 0 Å². The van der Waals surface area contributed by atoms with E-state index < -0.39 is 17.7 Å². The van der Waals surface area contributed by atoms with E-state index in [4.69, 9.17) is 5.73 Å². The maximum atomic E-state index is 13.9. The maximum Gasteiger partial charge on any atom is 0.241 e. The number of rotatable bonds is 4. The topological polar surface area (TPSA) is 58.4 Å². The average molecular weight is 418 g/mol. The van der Waals surface area contributed by atoms with Gasteiger partial charge in [0, 0.05) is 19.1 Å². The standard InChI is InChI=1S/C19H21F2N3O.2ClH/c1-12-5-7-13(8-6-12)17(22)19(25)23-14-9-10-24(11-14)18-15(20)3-2-4-16(18)21;;/h2-8,14,17H,9-11,22H2,1H3,(H,23,25);2*1H. The molecule has 4 nitrogen and oxygen atoms in total. The lowest BCUT2D eigenvalue weighted by Gasteiger charge is -2.21. The zero-order valence-electron chi connectivity index (χ0n) is 14.8. The lowest BCUT2D eigenvalue weighted by atomic mass is 10.0. The van der Waals surface area contributed by atoms with E-state index >= 15 is 0 Å². The summed E-state index contributed by atoms with van der Waals surface area (Å²) in [6.45, 7) is 2.79. The van der Waals surface area contributed by atoms with Gasteiger partial charge in [-0.1, -0.05) is 35.9 Å². The number of aryl methyl sites for hydroxylation is 1. The fourth-order valence-corrected chi connectivity index (χ4v) is 3.09. The Kier molecular flexibility index (Phi) is 8.47. The first kappa shape index (κ1) is 23.1. The van der Waals surface area contributed by atoms with Crippen LogP contribution in [0.25, 0.3) is 0 Å². The Labute approximate surface area is 169 Å². The quantitative estimate of drug-likeness (QED) is 0.799. The van der Waals surface area contributed by atoms with Crippen LogP contribution in [0.4, 0.5) is 14.5 Å². The number of benzene rings is 2.